The highest BCUT2D eigenvalue weighted by molar-refractivity contribution is 7.15. The van der Waals surface area contributed by atoms with Crippen molar-refractivity contribution in [2.75, 3.05) is 5.43 Å². The van der Waals surface area contributed by atoms with E-state index in [1.54, 1.807) is 11.3 Å². The molecule has 3 aromatic rings. The van der Waals surface area contributed by atoms with Crippen LogP contribution in [0.3, 0.4) is 0 Å². The normalized spacial score (nSPS) is 11.3. The fourth-order valence-electron chi connectivity index (χ4n) is 2.23. The Morgan fingerprint density at radius 3 is 2.67 bits per heavy atom. The van der Waals surface area contributed by atoms with Crippen LogP contribution in [0.2, 0.25) is 0 Å². The summed E-state index contributed by atoms with van der Waals surface area (Å²) in [5, 5.41) is 2.07. The van der Waals surface area contributed by atoms with Crippen LogP contribution in [0.4, 0.5) is 0 Å². The van der Waals surface area contributed by atoms with E-state index in [1.165, 1.54) is 17.1 Å². The highest BCUT2D eigenvalue weighted by Gasteiger charge is 2.09. The Morgan fingerprint density at radius 2 is 1.94 bits per heavy atom. The second kappa shape index (κ2) is 4.17. The number of hydrogen-bond acceptors (Lipinski definition) is 3. The summed E-state index contributed by atoms with van der Waals surface area (Å²) in [4.78, 5) is 5.61. The van der Waals surface area contributed by atoms with Gasteiger partial charge < -0.3 is 5.43 Å². The SMILES string of the molecule is Cc1nc2sccn2c1CNn1c(C)ccc1C. The van der Waals surface area contributed by atoms with Gasteiger partial charge in [-0.05, 0) is 32.9 Å². The molecule has 0 bridgehead atoms. The van der Waals surface area contributed by atoms with Gasteiger partial charge in [0.25, 0.3) is 0 Å². The molecule has 0 aromatic carbocycles. The number of thiazole rings is 1. The van der Waals surface area contributed by atoms with Crippen LogP contribution in [0.5, 0.6) is 0 Å². The van der Waals surface area contributed by atoms with Crippen LogP contribution in [0.25, 0.3) is 4.96 Å². The standard InChI is InChI=1S/C13H16N4S/c1-9-4-5-10(2)17(9)14-8-12-11(3)15-13-16(12)6-7-18-13/h4-7,14H,8H2,1-3H3. The van der Waals surface area contributed by atoms with Gasteiger partial charge in [-0.1, -0.05) is 0 Å². The molecule has 0 aliphatic rings. The molecule has 94 valence electrons. The van der Waals surface area contributed by atoms with E-state index >= 15 is 0 Å². The number of nitrogens with one attached hydrogen (secondary N) is 1. The summed E-state index contributed by atoms with van der Waals surface area (Å²) in [7, 11) is 0. The van der Waals surface area contributed by atoms with E-state index in [2.05, 4.69) is 64.0 Å². The van der Waals surface area contributed by atoms with Crippen molar-refractivity contribution in [1.82, 2.24) is 14.1 Å². The summed E-state index contributed by atoms with van der Waals surface area (Å²) in [5.41, 5.74) is 8.20. The molecule has 0 radical (unpaired) electrons. The maximum Gasteiger partial charge on any atom is 0.194 e. The lowest BCUT2D eigenvalue weighted by molar-refractivity contribution is 0.774. The molecule has 18 heavy (non-hydrogen) atoms. The van der Waals surface area contributed by atoms with Crippen LogP contribution in [0.1, 0.15) is 22.8 Å². The molecular formula is C13H16N4S. The molecule has 3 rings (SSSR count). The third-order valence-corrected chi connectivity index (χ3v) is 3.99. The van der Waals surface area contributed by atoms with Crippen LogP contribution < -0.4 is 5.43 Å². The number of nitrogens with zero attached hydrogens (tertiary/aromatic N) is 3. The van der Waals surface area contributed by atoms with Crippen molar-refractivity contribution >= 4 is 16.3 Å². The quantitative estimate of drug-likeness (QED) is 0.785. The summed E-state index contributed by atoms with van der Waals surface area (Å²) in [6, 6.07) is 4.23. The average molecular weight is 260 g/mol. The molecule has 0 aliphatic carbocycles. The van der Waals surface area contributed by atoms with Crippen molar-refractivity contribution in [3.8, 4) is 0 Å². The number of aromatic nitrogens is 3. The minimum absolute atomic E-state index is 0.778. The smallest absolute Gasteiger partial charge is 0.194 e. The molecule has 3 aromatic heterocycles. The van der Waals surface area contributed by atoms with E-state index < -0.39 is 0 Å². The Morgan fingerprint density at radius 1 is 1.22 bits per heavy atom. The zero-order valence-corrected chi connectivity index (χ0v) is 11.6. The van der Waals surface area contributed by atoms with Crippen molar-refractivity contribution < 1.29 is 0 Å². The number of rotatable bonds is 3. The minimum Gasteiger partial charge on any atom is -0.320 e. The van der Waals surface area contributed by atoms with Crippen molar-refractivity contribution in [3.05, 3.63) is 46.5 Å². The van der Waals surface area contributed by atoms with Crippen LogP contribution in [-0.2, 0) is 6.54 Å². The van der Waals surface area contributed by atoms with Crippen LogP contribution in [0.15, 0.2) is 23.7 Å². The molecule has 1 N–H and O–H groups in total. The lowest BCUT2D eigenvalue weighted by Crippen LogP contribution is -2.18. The van der Waals surface area contributed by atoms with Gasteiger partial charge in [0, 0.05) is 23.0 Å². The maximum atomic E-state index is 4.55. The van der Waals surface area contributed by atoms with Crippen molar-refractivity contribution in [3.63, 3.8) is 0 Å². The van der Waals surface area contributed by atoms with Crippen molar-refractivity contribution in [2.24, 2.45) is 0 Å². The summed E-state index contributed by atoms with van der Waals surface area (Å²) < 4.78 is 4.27. The molecule has 5 heteroatoms. The van der Waals surface area contributed by atoms with Gasteiger partial charge in [-0.15, -0.1) is 11.3 Å². The molecule has 0 saturated heterocycles. The molecule has 0 spiro atoms. The molecule has 4 nitrogen and oxygen atoms in total. The molecule has 3 heterocycles. The number of imidazole rings is 1. The number of fused-ring (bicyclic) bond motifs is 1. The number of aryl methyl sites for hydroxylation is 3. The Balaban J connectivity index is 1.89. The summed E-state index contributed by atoms with van der Waals surface area (Å²) in [5.74, 6) is 0. The van der Waals surface area contributed by atoms with Gasteiger partial charge in [0.05, 0.1) is 17.9 Å². The maximum absolute atomic E-state index is 4.55. The molecule has 0 aliphatic heterocycles. The van der Waals surface area contributed by atoms with Gasteiger partial charge in [0.2, 0.25) is 0 Å². The lowest BCUT2D eigenvalue weighted by Gasteiger charge is -2.12. The molecule has 0 unspecified atom stereocenters. The zero-order valence-electron chi connectivity index (χ0n) is 10.8. The fraction of sp³-hybridized carbons (Fsp3) is 0.308. The fourth-order valence-corrected chi connectivity index (χ4v) is 3.00. The van der Waals surface area contributed by atoms with Gasteiger partial charge in [0.1, 0.15) is 0 Å². The topological polar surface area (TPSA) is 34.3 Å². The highest BCUT2D eigenvalue weighted by Crippen LogP contribution is 2.17. The predicted molar refractivity (Wildman–Crippen MR) is 74.8 cm³/mol. The zero-order chi connectivity index (χ0) is 12.7. The highest BCUT2D eigenvalue weighted by atomic mass is 32.1. The lowest BCUT2D eigenvalue weighted by atomic mass is 10.3. The van der Waals surface area contributed by atoms with Crippen molar-refractivity contribution in [1.29, 1.82) is 0 Å². The largest absolute Gasteiger partial charge is 0.320 e. The van der Waals surface area contributed by atoms with Crippen LogP contribution in [0, 0.1) is 20.8 Å². The molecule has 0 fully saturated rings. The van der Waals surface area contributed by atoms with E-state index in [1.807, 2.05) is 0 Å². The molecule has 0 saturated carbocycles. The van der Waals surface area contributed by atoms with E-state index in [9.17, 15) is 0 Å². The Labute approximate surface area is 110 Å². The predicted octanol–water partition coefficient (Wildman–Crippen LogP) is 2.87. The Hall–Kier alpha value is -1.75. The van der Waals surface area contributed by atoms with Crippen LogP contribution >= 0.6 is 11.3 Å². The Kier molecular flexibility index (Phi) is 2.63. The van der Waals surface area contributed by atoms with Gasteiger partial charge >= 0.3 is 0 Å². The summed E-state index contributed by atoms with van der Waals surface area (Å²) in [6.45, 7) is 7.04. The summed E-state index contributed by atoms with van der Waals surface area (Å²) in [6.07, 6.45) is 2.08. The Bertz CT molecular complexity index is 670. The van der Waals surface area contributed by atoms with Crippen molar-refractivity contribution in [2.45, 2.75) is 27.3 Å². The molecule has 0 amide bonds. The third-order valence-electron chi connectivity index (χ3n) is 3.24. The van der Waals surface area contributed by atoms with Gasteiger partial charge in [-0.2, -0.15) is 0 Å². The molecule has 0 atom stereocenters. The first-order valence-corrected chi connectivity index (χ1v) is 6.84. The van der Waals surface area contributed by atoms with E-state index in [0.29, 0.717) is 0 Å². The van der Waals surface area contributed by atoms with E-state index in [-0.39, 0.29) is 0 Å². The first-order chi connectivity index (χ1) is 8.66. The van der Waals surface area contributed by atoms with Crippen LogP contribution in [-0.4, -0.2) is 14.1 Å². The second-order valence-electron chi connectivity index (χ2n) is 4.49. The minimum atomic E-state index is 0.778. The molecular weight excluding hydrogens is 244 g/mol. The average Bonchev–Trinajstić information content (AvgIpc) is 2.96. The first kappa shape index (κ1) is 11.3. The monoisotopic (exact) mass is 260 g/mol. The van der Waals surface area contributed by atoms with Gasteiger partial charge in [0.15, 0.2) is 4.96 Å². The van der Waals surface area contributed by atoms with E-state index in [4.69, 9.17) is 0 Å². The third kappa shape index (κ3) is 1.71. The second-order valence-corrected chi connectivity index (χ2v) is 5.36. The van der Waals surface area contributed by atoms with Gasteiger partial charge in [-0.25, -0.2) is 4.98 Å². The van der Waals surface area contributed by atoms with Gasteiger partial charge in [-0.3, -0.25) is 9.08 Å². The summed E-state index contributed by atoms with van der Waals surface area (Å²) >= 11 is 1.67. The number of hydrogen-bond donors (Lipinski definition) is 1. The van der Waals surface area contributed by atoms with E-state index in [0.717, 1.165) is 17.2 Å². The first-order valence-electron chi connectivity index (χ1n) is 5.96.